The molecule has 0 unspecified atom stereocenters. The number of hydrogen-bond acceptors (Lipinski definition) is 5. The van der Waals surface area contributed by atoms with Crippen LogP contribution in [0.2, 0.25) is 0 Å². The lowest BCUT2D eigenvalue weighted by atomic mass is 10.1. The maximum absolute atomic E-state index is 13.3. The smallest absolute Gasteiger partial charge is 0.254 e. The molecule has 0 spiro atoms. The fourth-order valence-electron chi connectivity index (χ4n) is 4.36. The zero-order chi connectivity index (χ0) is 26.2. The Morgan fingerprint density at radius 3 is 2.35 bits per heavy atom. The third kappa shape index (κ3) is 7.12. The SMILES string of the molecule is CC(C)CCN(CC(=O)N1CCCN(c2ccc(-c3ccc(F)cc3)nn2)CC1)C(=O)c1ccccc1. The maximum atomic E-state index is 13.3. The Bertz CT molecular complexity index is 1170. The van der Waals surface area contributed by atoms with Gasteiger partial charge in [-0.3, -0.25) is 9.59 Å². The summed E-state index contributed by atoms with van der Waals surface area (Å²) in [4.78, 5) is 32.1. The number of carbonyl (C=O) groups excluding carboxylic acids is 2. The van der Waals surface area contributed by atoms with Gasteiger partial charge in [0.1, 0.15) is 12.4 Å². The van der Waals surface area contributed by atoms with E-state index < -0.39 is 0 Å². The fourth-order valence-corrected chi connectivity index (χ4v) is 4.36. The molecule has 8 heteroatoms. The zero-order valence-corrected chi connectivity index (χ0v) is 21.5. The number of nitrogens with zero attached hydrogens (tertiary/aromatic N) is 5. The largest absolute Gasteiger partial charge is 0.353 e. The Morgan fingerprint density at radius 1 is 0.919 bits per heavy atom. The first-order valence-electron chi connectivity index (χ1n) is 12.9. The number of hydrogen-bond donors (Lipinski definition) is 0. The van der Waals surface area contributed by atoms with Crippen LogP contribution in [0.25, 0.3) is 11.3 Å². The highest BCUT2D eigenvalue weighted by Crippen LogP contribution is 2.20. The van der Waals surface area contributed by atoms with Gasteiger partial charge in [-0.1, -0.05) is 32.0 Å². The molecule has 37 heavy (non-hydrogen) atoms. The summed E-state index contributed by atoms with van der Waals surface area (Å²) < 4.78 is 13.2. The molecule has 0 aliphatic carbocycles. The van der Waals surface area contributed by atoms with Crippen molar-refractivity contribution in [1.29, 1.82) is 0 Å². The lowest BCUT2D eigenvalue weighted by Gasteiger charge is -2.27. The van der Waals surface area contributed by atoms with Gasteiger partial charge in [-0.25, -0.2) is 4.39 Å². The molecule has 7 nitrogen and oxygen atoms in total. The van der Waals surface area contributed by atoms with Crippen LogP contribution in [0.15, 0.2) is 66.7 Å². The molecule has 0 saturated carbocycles. The third-order valence-corrected chi connectivity index (χ3v) is 6.57. The molecule has 3 aromatic rings. The van der Waals surface area contributed by atoms with Crippen LogP contribution in [0.5, 0.6) is 0 Å². The molecule has 2 amide bonds. The average molecular weight is 504 g/mol. The van der Waals surface area contributed by atoms with Gasteiger partial charge in [0.25, 0.3) is 5.91 Å². The van der Waals surface area contributed by atoms with Gasteiger partial charge in [0.15, 0.2) is 5.82 Å². The molecular weight excluding hydrogens is 469 g/mol. The summed E-state index contributed by atoms with van der Waals surface area (Å²) in [5, 5.41) is 8.71. The second kappa shape index (κ2) is 12.4. The molecule has 194 valence electrons. The van der Waals surface area contributed by atoms with E-state index in [1.165, 1.54) is 12.1 Å². The van der Waals surface area contributed by atoms with Gasteiger partial charge in [0.05, 0.1) is 5.69 Å². The molecule has 1 fully saturated rings. The Balaban J connectivity index is 1.37. The lowest BCUT2D eigenvalue weighted by molar-refractivity contribution is -0.131. The van der Waals surface area contributed by atoms with E-state index in [0.29, 0.717) is 43.4 Å². The molecule has 0 radical (unpaired) electrons. The number of benzene rings is 2. The van der Waals surface area contributed by atoms with Crippen molar-refractivity contribution in [1.82, 2.24) is 20.0 Å². The van der Waals surface area contributed by atoms with Crippen molar-refractivity contribution in [3.63, 3.8) is 0 Å². The summed E-state index contributed by atoms with van der Waals surface area (Å²) in [7, 11) is 0. The van der Waals surface area contributed by atoms with Crippen LogP contribution >= 0.6 is 0 Å². The molecule has 0 bridgehead atoms. The fraction of sp³-hybridized carbons (Fsp3) is 0.379. The minimum Gasteiger partial charge on any atom is -0.353 e. The van der Waals surface area contributed by atoms with Gasteiger partial charge >= 0.3 is 0 Å². The monoisotopic (exact) mass is 503 g/mol. The third-order valence-electron chi connectivity index (χ3n) is 6.57. The topological polar surface area (TPSA) is 69.6 Å². The summed E-state index contributed by atoms with van der Waals surface area (Å²) >= 11 is 0. The van der Waals surface area contributed by atoms with Crippen LogP contribution in [-0.4, -0.2) is 71.1 Å². The van der Waals surface area contributed by atoms with E-state index in [1.807, 2.05) is 35.2 Å². The standard InChI is InChI=1S/C29H34FN5O2/c1-22(2)15-18-35(29(37)24-7-4-3-5-8-24)21-28(36)34-17-6-16-33(19-20-34)27-14-13-26(31-32-27)23-9-11-25(30)12-10-23/h3-5,7-14,22H,6,15-21H2,1-2H3. The first kappa shape index (κ1) is 26.3. The van der Waals surface area contributed by atoms with E-state index >= 15 is 0 Å². The predicted octanol–water partition coefficient (Wildman–Crippen LogP) is 4.51. The number of carbonyl (C=O) groups is 2. The number of anilines is 1. The number of aromatic nitrogens is 2. The summed E-state index contributed by atoms with van der Waals surface area (Å²) in [5.74, 6) is 0.751. The van der Waals surface area contributed by atoms with Crippen molar-refractivity contribution in [3.8, 4) is 11.3 Å². The molecule has 1 aliphatic heterocycles. The molecule has 1 aliphatic rings. The van der Waals surface area contributed by atoms with Crippen LogP contribution < -0.4 is 4.90 Å². The van der Waals surface area contributed by atoms with Crippen LogP contribution in [0.1, 0.15) is 37.0 Å². The Morgan fingerprint density at radius 2 is 1.68 bits per heavy atom. The highest BCUT2D eigenvalue weighted by Gasteiger charge is 2.25. The summed E-state index contributed by atoms with van der Waals surface area (Å²) in [6.45, 7) is 7.44. The Labute approximate surface area is 217 Å². The van der Waals surface area contributed by atoms with Crippen LogP contribution in [0, 0.1) is 11.7 Å². The first-order valence-corrected chi connectivity index (χ1v) is 12.9. The van der Waals surface area contributed by atoms with Gasteiger partial charge < -0.3 is 14.7 Å². The van der Waals surface area contributed by atoms with Crippen LogP contribution in [0.4, 0.5) is 10.2 Å². The molecular formula is C29H34FN5O2. The summed E-state index contributed by atoms with van der Waals surface area (Å²) in [6.07, 6.45) is 1.64. The molecule has 1 saturated heterocycles. The van der Waals surface area contributed by atoms with Crippen molar-refractivity contribution in [3.05, 3.63) is 78.1 Å². The second-order valence-corrected chi connectivity index (χ2v) is 9.78. The highest BCUT2D eigenvalue weighted by atomic mass is 19.1. The second-order valence-electron chi connectivity index (χ2n) is 9.78. The highest BCUT2D eigenvalue weighted by molar-refractivity contribution is 5.96. The quantitative estimate of drug-likeness (QED) is 0.452. The predicted molar refractivity (Wildman–Crippen MR) is 143 cm³/mol. The van der Waals surface area contributed by atoms with Crippen LogP contribution in [0.3, 0.4) is 0 Å². The van der Waals surface area contributed by atoms with E-state index in [9.17, 15) is 14.0 Å². The number of amides is 2. The average Bonchev–Trinajstić information content (AvgIpc) is 3.18. The van der Waals surface area contributed by atoms with E-state index in [0.717, 1.165) is 30.8 Å². The Kier molecular flexibility index (Phi) is 8.82. The molecule has 1 aromatic heterocycles. The minimum atomic E-state index is -0.288. The zero-order valence-electron chi connectivity index (χ0n) is 21.5. The van der Waals surface area contributed by atoms with Gasteiger partial charge in [-0.05, 0) is 67.3 Å². The van der Waals surface area contributed by atoms with E-state index in [2.05, 4.69) is 28.9 Å². The van der Waals surface area contributed by atoms with E-state index in [1.54, 1.807) is 29.2 Å². The van der Waals surface area contributed by atoms with Gasteiger partial charge in [0.2, 0.25) is 5.91 Å². The van der Waals surface area contributed by atoms with Gasteiger partial charge in [0, 0.05) is 43.9 Å². The maximum Gasteiger partial charge on any atom is 0.254 e. The van der Waals surface area contributed by atoms with Crippen molar-refractivity contribution in [2.75, 3.05) is 44.2 Å². The molecule has 0 N–H and O–H groups in total. The van der Waals surface area contributed by atoms with Gasteiger partial charge in [-0.2, -0.15) is 0 Å². The molecule has 2 aromatic carbocycles. The first-order chi connectivity index (χ1) is 17.9. The van der Waals surface area contributed by atoms with E-state index in [4.69, 9.17) is 0 Å². The van der Waals surface area contributed by atoms with Crippen molar-refractivity contribution < 1.29 is 14.0 Å². The van der Waals surface area contributed by atoms with Crippen molar-refractivity contribution in [2.24, 2.45) is 5.92 Å². The lowest BCUT2D eigenvalue weighted by Crippen LogP contribution is -2.44. The minimum absolute atomic E-state index is 0.0346. The number of halogens is 1. The van der Waals surface area contributed by atoms with Crippen LogP contribution in [-0.2, 0) is 4.79 Å². The molecule has 2 heterocycles. The van der Waals surface area contributed by atoms with Crippen molar-refractivity contribution in [2.45, 2.75) is 26.7 Å². The normalized spacial score (nSPS) is 13.9. The van der Waals surface area contributed by atoms with Gasteiger partial charge in [-0.15, -0.1) is 10.2 Å². The summed E-state index contributed by atoms with van der Waals surface area (Å²) in [5.41, 5.74) is 2.09. The molecule has 0 atom stereocenters. The summed E-state index contributed by atoms with van der Waals surface area (Å²) in [6, 6.07) is 19.1. The number of rotatable bonds is 8. The van der Waals surface area contributed by atoms with E-state index in [-0.39, 0.29) is 24.2 Å². The van der Waals surface area contributed by atoms with Crippen molar-refractivity contribution >= 4 is 17.6 Å². The molecule has 4 rings (SSSR count). The Hall–Kier alpha value is -3.81.